The van der Waals surface area contributed by atoms with Gasteiger partial charge >= 0.3 is 0 Å². The Morgan fingerprint density at radius 1 is 1.41 bits per heavy atom. The number of benzene rings is 1. The van der Waals surface area contributed by atoms with Crippen LogP contribution in [0.5, 0.6) is 0 Å². The zero-order chi connectivity index (χ0) is 18.8. The number of nitriles is 1. The summed E-state index contributed by atoms with van der Waals surface area (Å²) in [6.07, 6.45) is 5.44. The summed E-state index contributed by atoms with van der Waals surface area (Å²) in [6, 6.07) is 8.90. The van der Waals surface area contributed by atoms with Crippen LogP contribution in [0.15, 0.2) is 18.2 Å². The molecule has 1 aromatic heterocycles. The molecular weight excluding hydrogens is 378 g/mol. The molecule has 3 unspecified atom stereocenters. The first-order valence-electron chi connectivity index (χ1n) is 9.75. The third-order valence-electron chi connectivity index (χ3n) is 6.72. The molecule has 0 radical (unpaired) electrons. The van der Waals surface area contributed by atoms with Gasteiger partial charge in [0.1, 0.15) is 0 Å². The number of rotatable bonds is 3. The Morgan fingerprint density at radius 2 is 2.15 bits per heavy atom. The number of fused-ring (bicyclic) bond motifs is 1. The second-order valence-corrected chi connectivity index (χ2v) is 10.2. The molecule has 4 aliphatic rings. The van der Waals surface area contributed by atoms with E-state index < -0.39 is 0 Å². The van der Waals surface area contributed by atoms with Crippen LogP contribution in [0.25, 0.3) is 10.2 Å². The highest BCUT2D eigenvalue weighted by Crippen LogP contribution is 2.56. The van der Waals surface area contributed by atoms with Gasteiger partial charge in [-0.05, 0) is 56.2 Å². The molecule has 2 aromatic rings. The summed E-state index contributed by atoms with van der Waals surface area (Å²) in [7, 11) is 0. The molecule has 1 amide bonds. The van der Waals surface area contributed by atoms with Crippen LogP contribution in [0.3, 0.4) is 0 Å². The Hall–Kier alpha value is -1.64. The normalized spacial score (nSPS) is 32.6. The fourth-order valence-corrected chi connectivity index (χ4v) is 6.92. The Morgan fingerprint density at radius 3 is 2.85 bits per heavy atom. The van der Waals surface area contributed by atoms with Gasteiger partial charge in [0.2, 0.25) is 5.91 Å². The summed E-state index contributed by atoms with van der Waals surface area (Å²) < 4.78 is 1.11. The SMILES string of the molecule is CC(CC(=O)N1C2CC3CC1CC(C#N)(C3)C2)c1nc2cc(Cl)ccc2s1. The monoisotopic (exact) mass is 399 g/mol. The average Bonchev–Trinajstić information content (AvgIpc) is 3.04. The van der Waals surface area contributed by atoms with Gasteiger partial charge in [-0.25, -0.2) is 4.98 Å². The number of aromatic nitrogens is 1. The van der Waals surface area contributed by atoms with Crippen LogP contribution in [0.2, 0.25) is 5.02 Å². The number of amides is 1. The molecule has 2 saturated carbocycles. The summed E-state index contributed by atoms with van der Waals surface area (Å²) in [6.45, 7) is 2.09. The number of carbonyl (C=O) groups is 1. The van der Waals surface area contributed by atoms with Crippen molar-refractivity contribution >= 4 is 39.1 Å². The quantitative estimate of drug-likeness (QED) is 0.719. The maximum Gasteiger partial charge on any atom is 0.223 e. The van der Waals surface area contributed by atoms with Crippen molar-refractivity contribution in [3.8, 4) is 6.07 Å². The third-order valence-corrected chi connectivity index (χ3v) is 8.23. The van der Waals surface area contributed by atoms with E-state index in [4.69, 9.17) is 16.6 Å². The molecule has 4 fully saturated rings. The molecule has 4 bridgehead atoms. The minimum absolute atomic E-state index is 0.0933. The van der Waals surface area contributed by atoms with E-state index in [0.29, 0.717) is 17.4 Å². The van der Waals surface area contributed by atoms with Gasteiger partial charge in [0.15, 0.2) is 0 Å². The van der Waals surface area contributed by atoms with Crippen LogP contribution in [0.4, 0.5) is 0 Å². The number of carbonyl (C=O) groups excluding carboxylic acids is 1. The van der Waals surface area contributed by atoms with E-state index in [-0.39, 0.29) is 29.3 Å². The van der Waals surface area contributed by atoms with Crippen LogP contribution in [-0.4, -0.2) is 27.9 Å². The van der Waals surface area contributed by atoms with Crippen molar-refractivity contribution in [2.24, 2.45) is 11.3 Å². The Labute approximate surface area is 168 Å². The molecule has 140 valence electrons. The fourth-order valence-electron chi connectivity index (χ4n) is 5.75. The van der Waals surface area contributed by atoms with Gasteiger partial charge in [0, 0.05) is 29.4 Å². The third kappa shape index (κ3) is 2.85. The Balaban J connectivity index is 1.33. The Kier molecular flexibility index (Phi) is 4.00. The van der Waals surface area contributed by atoms with Crippen LogP contribution < -0.4 is 0 Å². The van der Waals surface area contributed by atoms with Crippen LogP contribution in [0.1, 0.15) is 56.4 Å². The van der Waals surface area contributed by atoms with Gasteiger partial charge in [0.05, 0.1) is 26.7 Å². The molecule has 1 aromatic carbocycles. The topological polar surface area (TPSA) is 57.0 Å². The molecular formula is C21H22ClN3OS. The van der Waals surface area contributed by atoms with Gasteiger partial charge in [-0.3, -0.25) is 4.79 Å². The van der Waals surface area contributed by atoms with Crippen molar-refractivity contribution < 1.29 is 4.79 Å². The molecule has 6 heteroatoms. The van der Waals surface area contributed by atoms with E-state index in [1.165, 1.54) is 0 Å². The number of halogens is 1. The lowest BCUT2D eigenvalue weighted by Gasteiger charge is -2.59. The largest absolute Gasteiger partial charge is 0.337 e. The summed E-state index contributed by atoms with van der Waals surface area (Å²) >= 11 is 7.72. The minimum atomic E-state index is -0.162. The van der Waals surface area contributed by atoms with Gasteiger partial charge in [-0.2, -0.15) is 5.26 Å². The summed E-state index contributed by atoms with van der Waals surface area (Å²) in [5, 5.41) is 11.4. The molecule has 2 aliphatic heterocycles. The number of thiazole rings is 1. The van der Waals surface area contributed by atoms with Crippen LogP contribution >= 0.6 is 22.9 Å². The van der Waals surface area contributed by atoms with Crippen molar-refractivity contribution in [1.82, 2.24) is 9.88 Å². The zero-order valence-electron chi connectivity index (χ0n) is 15.3. The van der Waals surface area contributed by atoms with Crippen molar-refractivity contribution in [2.45, 2.75) is 63.5 Å². The summed E-state index contributed by atoms with van der Waals surface area (Å²) in [5.41, 5.74) is 0.748. The molecule has 2 aliphatic carbocycles. The summed E-state index contributed by atoms with van der Waals surface area (Å²) in [4.78, 5) is 20.0. The lowest BCUT2D eigenvalue weighted by atomic mass is 9.56. The van der Waals surface area contributed by atoms with Gasteiger partial charge in [-0.15, -0.1) is 11.3 Å². The van der Waals surface area contributed by atoms with E-state index in [1.807, 2.05) is 18.2 Å². The smallest absolute Gasteiger partial charge is 0.223 e. The first-order valence-corrected chi connectivity index (χ1v) is 10.9. The molecule has 4 nitrogen and oxygen atoms in total. The Bertz CT molecular complexity index is 948. The lowest BCUT2D eigenvalue weighted by molar-refractivity contribution is -0.153. The second kappa shape index (κ2) is 6.18. The predicted octanol–water partition coefficient (Wildman–Crippen LogP) is 5.13. The van der Waals surface area contributed by atoms with Crippen molar-refractivity contribution in [3.63, 3.8) is 0 Å². The number of piperidine rings is 2. The standard InChI is InChI=1S/C21H22ClN3OS/c1-12(20-24-17-7-14(22)2-3-18(17)27-20)4-19(26)25-15-5-13-6-16(25)10-21(8-13,9-15)11-23/h2-3,7,12-13,15-16H,4-6,8-10H2,1H3. The lowest BCUT2D eigenvalue weighted by Crippen LogP contribution is -2.63. The maximum absolute atomic E-state index is 13.2. The van der Waals surface area contributed by atoms with Crippen molar-refractivity contribution in [1.29, 1.82) is 5.26 Å². The van der Waals surface area contributed by atoms with Crippen LogP contribution in [0, 0.1) is 22.7 Å². The molecule has 0 spiro atoms. The predicted molar refractivity (Wildman–Crippen MR) is 107 cm³/mol. The molecule has 6 rings (SSSR count). The van der Waals surface area contributed by atoms with Gasteiger partial charge < -0.3 is 4.90 Å². The first-order chi connectivity index (χ1) is 13.0. The number of hydrogen-bond donors (Lipinski definition) is 0. The van der Waals surface area contributed by atoms with E-state index in [0.717, 1.165) is 47.3 Å². The molecule has 3 atom stereocenters. The van der Waals surface area contributed by atoms with E-state index in [2.05, 4.69) is 17.9 Å². The zero-order valence-corrected chi connectivity index (χ0v) is 16.9. The summed E-state index contributed by atoms with van der Waals surface area (Å²) in [5.74, 6) is 0.968. The fraction of sp³-hybridized carbons (Fsp3) is 0.571. The minimum Gasteiger partial charge on any atom is -0.337 e. The average molecular weight is 400 g/mol. The first kappa shape index (κ1) is 17.5. The highest BCUT2D eigenvalue weighted by atomic mass is 35.5. The van der Waals surface area contributed by atoms with Gasteiger partial charge in [-0.1, -0.05) is 18.5 Å². The molecule has 2 saturated heterocycles. The number of hydrogen-bond acceptors (Lipinski definition) is 4. The molecule has 27 heavy (non-hydrogen) atoms. The highest BCUT2D eigenvalue weighted by Gasteiger charge is 2.55. The number of nitrogens with zero attached hydrogens (tertiary/aromatic N) is 3. The second-order valence-electron chi connectivity index (χ2n) is 8.72. The van der Waals surface area contributed by atoms with Crippen molar-refractivity contribution in [2.75, 3.05) is 0 Å². The van der Waals surface area contributed by atoms with E-state index in [9.17, 15) is 10.1 Å². The van der Waals surface area contributed by atoms with E-state index >= 15 is 0 Å². The molecule has 3 heterocycles. The van der Waals surface area contributed by atoms with Crippen LogP contribution in [-0.2, 0) is 4.79 Å². The van der Waals surface area contributed by atoms with E-state index in [1.54, 1.807) is 11.3 Å². The van der Waals surface area contributed by atoms with Gasteiger partial charge in [0.25, 0.3) is 0 Å². The molecule has 0 N–H and O–H groups in total. The highest BCUT2D eigenvalue weighted by molar-refractivity contribution is 7.18. The maximum atomic E-state index is 13.2. The van der Waals surface area contributed by atoms with Crippen molar-refractivity contribution in [3.05, 3.63) is 28.2 Å².